The number of nitriles is 1. The Kier molecular flexibility index (Phi) is 5.24. The Hall–Kier alpha value is -1.74. The summed E-state index contributed by atoms with van der Waals surface area (Å²) in [6, 6.07) is 5.01. The van der Waals surface area contributed by atoms with Gasteiger partial charge in [0.25, 0.3) is 5.56 Å². The number of anilines is 2. The summed E-state index contributed by atoms with van der Waals surface area (Å²) in [5.41, 5.74) is 0.372. The van der Waals surface area contributed by atoms with Gasteiger partial charge in [0.2, 0.25) is 0 Å². The van der Waals surface area contributed by atoms with E-state index in [2.05, 4.69) is 10.3 Å². The maximum Gasteiger partial charge on any atom is 0.294 e. The van der Waals surface area contributed by atoms with Crippen molar-refractivity contribution in [2.45, 2.75) is 32.2 Å². The lowest BCUT2D eigenvalue weighted by atomic mass is 10.1. The van der Waals surface area contributed by atoms with Gasteiger partial charge < -0.3 is 9.88 Å². The smallest absolute Gasteiger partial charge is 0.294 e. The third kappa shape index (κ3) is 3.77. The number of nitrogens with one attached hydrogen (secondary N) is 1. The van der Waals surface area contributed by atoms with Crippen LogP contribution in [-0.4, -0.2) is 9.55 Å². The third-order valence-electron chi connectivity index (χ3n) is 4.26. The van der Waals surface area contributed by atoms with Crippen LogP contribution in [0.3, 0.4) is 0 Å². The molecular formula is C17H15Cl3N4O. The molecule has 8 heteroatoms. The average molecular weight is 398 g/mol. The van der Waals surface area contributed by atoms with Gasteiger partial charge in [0.1, 0.15) is 5.15 Å². The maximum atomic E-state index is 12.8. The minimum absolute atomic E-state index is 0.0557. The molecule has 5 nitrogen and oxygen atoms in total. The number of hydrogen-bond donors (Lipinski definition) is 1. The molecule has 1 heterocycles. The molecule has 1 aliphatic carbocycles. The van der Waals surface area contributed by atoms with Crippen LogP contribution in [0.25, 0.3) is 0 Å². The molecule has 0 unspecified atom stereocenters. The molecule has 0 spiro atoms. The molecule has 2 aromatic rings. The van der Waals surface area contributed by atoms with Gasteiger partial charge in [-0.3, -0.25) is 4.79 Å². The van der Waals surface area contributed by atoms with E-state index in [4.69, 9.17) is 40.1 Å². The summed E-state index contributed by atoms with van der Waals surface area (Å²) in [4.78, 5) is 16.9. The first-order valence-electron chi connectivity index (χ1n) is 7.89. The molecule has 0 amide bonds. The van der Waals surface area contributed by atoms with E-state index in [-0.39, 0.29) is 32.6 Å². The van der Waals surface area contributed by atoms with Crippen molar-refractivity contribution in [3.8, 4) is 6.07 Å². The van der Waals surface area contributed by atoms with E-state index in [1.807, 2.05) is 13.0 Å². The van der Waals surface area contributed by atoms with Gasteiger partial charge in [0.05, 0.1) is 27.4 Å². The molecule has 0 bridgehead atoms. The molecule has 1 aromatic heterocycles. The van der Waals surface area contributed by atoms with Crippen molar-refractivity contribution in [3.63, 3.8) is 0 Å². The minimum Gasteiger partial charge on any atom is -0.333 e. The van der Waals surface area contributed by atoms with Gasteiger partial charge in [-0.15, -0.1) is 0 Å². The lowest BCUT2D eigenvalue weighted by molar-refractivity contribution is 0.419. The van der Waals surface area contributed by atoms with Crippen LogP contribution in [0.5, 0.6) is 0 Å². The third-order valence-corrected chi connectivity index (χ3v) is 5.04. The maximum absolute atomic E-state index is 12.8. The van der Waals surface area contributed by atoms with Crippen LogP contribution < -0.4 is 10.9 Å². The van der Waals surface area contributed by atoms with Crippen LogP contribution in [0.2, 0.25) is 15.2 Å². The molecule has 1 aliphatic rings. The summed E-state index contributed by atoms with van der Waals surface area (Å²) in [6.07, 6.45) is 4.63. The van der Waals surface area contributed by atoms with Gasteiger partial charge in [-0.1, -0.05) is 41.7 Å². The number of benzene rings is 1. The Morgan fingerprint density at radius 3 is 2.52 bits per heavy atom. The SMILES string of the molecule is CC[C@@H](C1CC1)n1cc(Cl)nc(Nc2c(Cl)cc(C#N)cc2Cl)c1=O. The lowest BCUT2D eigenvalue weighted by Crippen LogP contribution is -2.28. The van der Waals surface area contributed by atoms with Gasteiger partial charge in [-0.05, 0) is 37.3 Å². The molecule has 130 valence electrons. The fourth-order valence-corrected chi connectivity index (χ4v) is 3.69. The van der Waals surface area contributed by atoms with Crippen LogP contribution in [0.1, 0.15) is 37.8 Å². The summed E-state index contributed by atoms with van der Waals surface area (Å²) in [5, 5.41) is 12.5. The predicted molar refractivity (Wildman–Crippen MR) is 100 cm³/mol. The first-order chi connectivity index (χ1) is 11.9. The van der Waals surface area contributed by atoms with Crippen LogP contribution in [0, 0.1) is 17.2 Å². The number of nitrogens with zero attached hydrogens (tertiary/aromatic N) is 3. The highest BCUT2D eigenvalue weighted by Crippen LogP contribution is 2.41. The van der Waals surface area contributed by atoms with Crippen molar-refractivity contribution in [1.29, 1.82) is 5.26 Å². The summed E-state index contributed by atoms with van der Waals surface area (Å²) < 4.78 is 1.64. The summed E-state index contributed by atoms with van der Waals surface area (Å²) in [6.45, 7) is 2.05. The van der Waals surface area contributed by atoms with Crippen molar-refractivity contribution in [2.75, 3.05) is 5.32 Å². The molecule has 1 aromatic carbocycles. The highest BCUT2D eigenvalue weighted by atomic mass is 35.5. The largest absolute Gasteiger partial charge is 0.333 e. The number of hydrogen-bond acceptors (Lipinski definition) is 4. The second-order valence-corrected chi connectivity index (χ2v) is 7.19. The van der Waals surface area contributed by atoms with E-state index in [9.17, 15) is 4.79 Å². The zero-order valence-electron chi connectivity index (χ0n) is 13.4. The minimum atomic E-state index is -0.278. The van der Waals surface area contributed by atoms with Crippen LogP contribution in [0.4, 0.5) is 11.5 Å². The van der Waals surface area contributed by atoms with Crippen molar-refractivity contribution in [2.24, 2.45) is 5.92 Å². The molecule has 1 saturated carbocycles. The quantitative estimate of drug-likeness (QED) is 0.754. The van der Waals surface area contributed by atoms with Crippen molar-refractivity contribution < 1.29 is 0 Å². The Balaban J connectivity index is 2.03. The van der Waals surface area contributed by atoms with E-state index in [0.29, 0.717) is 17.2 Å². The number of aromatic nitrogens is 2. The molecule has 1 atom stereocenters. The van der Waals surface area contributed by atoms with Gasteiger partial charge >= 0.3 is 0 Å². The molecular weight excluding hydrogens is 383 g/mol. The zero-order valence-corrected chi connectivity index (χ0v) is 15.7. The molecule has 0 aliphatic heterocycles. The molecule has 0 saturated heterocycles. The summed E-state index contributed by atoms with van der Waals surface area (Å²) in [5.74, 6) is 0.552. The van der Waals surface area contributed by atoms with E-state index in [0.717, 1.165) is 19.3 Å². The average Bonchev–Trinajstić information content (AvgIpc) is 3.40. The van der Waals surface area contributed by atoms with Gasteiger partial charge in [0, 0.05) is 12.2 Å². The zero-order chi connectivity index (χ0) is 18.1. The van der Waals surface area contributed by atoms with Crippen LogP contribution in [-0.2, 0) is 0 Å². The van der Waals surface area contributed by atoms with E-state index in [1.165, 1.54) is 12.1 Å². The van der Waals surface area contributed by atoms with Crippen LogP contribution >= 0.6 is 34.8 Å². The number of halogens is 3. The fraction of sp³-hybridized carbons (Fsp3) is 0.353. The fourth-order valence-electron chi connectivity index (χ4n) is 2.92. The highest BCUT2D eigenvalue weighted by molar-refractivity contribution is 6.39. The lowest BCUT2D eigenvalue weighted by Gasteiger charge is -2.19. The molecule has 0 radical (unpaired) electrons. The Bertz CT molecular complexity index is 892. The Morgan fingerprint density at radius 1 is 1.36 bits per heavy atom. The Morgan fingerprint density at radius 2 is 2.00 bits per heavy atom. The first kappa shape index (κ1) is 18.1. The molecule has 1 fully saturated rings. The monoisotopic (exact) mass is 396 g/mol. The Labute approximate surface area is 160 Å². The van der Waals surface area contributed by atoms with Crippen molar-refractivity contribution in [3.05, 3.63) is 49.4 Å². The van der Waals surface area contributed by atoms with E-state index >= 15 is 0 Å². The van der Waals surface area contributed by atoms with Crippen LogP contribution in [0.15, 0.2) is 23.1 Å². The second kappa shape index (κ2) is 7.25. The topological polar surface area (TPSA) is 70.7 Å². The number of rotatable bonds is 5. The van der Waals surface area contributed by atoms with Gasteiger partial charge in [-0.2, -0.15) is 5.26 Å². The second-order valence-electron chi connectivity index (χ2n) is 5.99. The summed E-state index contributed by atoms with van der Waals surface area (Å²) >= 11 is 18.5. The van der Waals surface area contributed by atoms with Gasteiger partial charge in [0.15, 0.2) is 5.82 Å². The van der Waals surface area contributed by atoms with Crippen molar-refractivity contribution in [1.82, 2.24) is 9.55 Å². The van der Waals surface area contributed by atoms with E-state index < -0.39 is 0 Å². The first-order valence-corrected chi connectivity index (χ1v) is 9.02. The molecule has 25 heavy (non-hydrogen) atoms. The standard InChI is InChI=1S/C17H15Cl3N4O/c1-2-13(10-3-4-10)24-8-14(20)22-16(17(24)25)23-15-11(18)5-9(7-21)6-12(15)19/h5-6,8,10,13H,2-4H2,1H3,(H,22,23)/t13-/m0/s1. The molecule has 1 N–H and O–H groups in total. The van der Waals surface area contributed by atoms with E-state index in [1.54, 1.807) is 10.8 Å². The highest BCUT2D eigenvalue weighted by Gasteiger charge is 2.32. The normalized spacial score (nSPS) is 14.8. The van der Waals surface area contributed by atoms with Gasteiger partial charge in [-0.25, -0.2) is 4.98 Å². The summed E-state index contributed by atoms with van der Waals surface area (Å²) in [7, 11) is 0. The predicted octanol–water partition coefficient (Wildman–Crippen LogP) is 5.18. The van der Waals surface area contributed by atoms with Crippen molar-refractivity contribution >= 4 is 46.3 Å². The molecule has 3 rings (SSSR count).